The Hall–Kier alpha value is -1.55. The summed E-state index contributed by atoms with van der Waals surface area (Å²) in [5.41, 5.74) is 6.91. The lowest BCUT2D eigenvalue weighted by Gasteiger charge is -2.33. The quantitative estimate of drug-likeness (QED) is 0.722. The van der Waals surface area contributed by atoms with Crippen molar-refractivity contribution in [3.8, 4) is 0 Å². The third-order valence-corrected chi connectivity index (χ3v) is 2.82. The molecule has 0 bridgehead atoms. The summed E-state index contributed by atoms with van der Waals surface area (Å²) in [6.07, 6.45) is 0. The lowest BCUT2D eigenvalue weighted by molar-refractivity contribution is 0.00365. The Morgan fingerprint density at radius 3 is 2.94 bits per heavy atom. The van der Waals surface area contributed by atoms with Gasteiger partial charge in [0.2, 0.25) is 0 Å². The molecule has 1 atom stereocenters. The highest BCUT2D eigenvalue weighted by Gasteiger charge is 2.25. The van der Waals surface area contributed by atoms with Crippen LogP contribution < -0.4 is 5.73 Å². The molecule has 0 radical (unpaired) electrons. The first-order chi connectivity index (χ1) is 7.70. The number of hydrogen-bond donors (Lipinski definition) is 1. The van der Waals surface area contributed by atoms with Crippen LogP contribution in [0, 0.1) is 0 Å². The predicted molar refractivity (Wildman–Crippen MR) is 62.2 cm³/mol. The summed E-state index contributed by atoms with van der Waals surface area (Å²) in [6, 6.07) is 7.28. The van der Waals surface area contributed by atoms with E-state index in [1.807, 2.05) is 24.0 Å². The maximum absolute atomic E-state index is 12.2. The molecule has 0 saturated carbocycles. The smallest absolute Gasteiger partial charge is 0.256 e. The van der Waals surface area contributed by atoms with Gasteiger partial charge in [0.05, 0.1) is 24.8 Å². The summed E-state index contributed by atoms with van der Waals surface area (Å²) >= 11 is 0. The summed E-state index contributed by atoms with van der Waals surface area (Å²) in [7, 11) is 0. The average molecular weight is 220 g/mol. The minimum atomic E-state index is -0.00565. The SMILES string of the molecule is CC1COCCN1C(=O)c1ccccc1N. The molecule has 16 heavy (non-hydrogen) atoms. The van der Waals surface area contributed by atoms with Crippen molar-refractivity contribution >= 4 is 11.6 Å². The number of carbonyl (C=O) groups excluding carboxylic acids is 1. The monoisotopic (exact) mass is 220 g/mol. The molecule has 1 aliphatic heterocycles. The molecule has 86 valence electrons. The zero-order valence-corrected chi connectivity index (χ0v) is 9.35. The molecule has 1 saturated heterocycles. The van der Waals surface area contributed by atoms with Crippen LogP contribution in [0.1, 0.15) is 17.3 Å². The number of para-hydroxylation sites is 1. The topological polar surface area (TPSA) is 55.6 Å². The van der Waals surface area contributed by atoms with Crippen molar-refractivity contribution < 1.29 is 9.53 Å². The van der Waals surface area contributed by atoms with Crippen molar-refractivity contribution in [1.82, 2.24) is 4.90 Å². The standard InChI is InChI=1S/C12H16N2O2/c1-9-8-16-7-6-14(9)12(15)10-4-2-3-5-11(10)13/h2-5,9H,6-8,13H2,1H3. The fourth-order valence-corrected chi connectivity index (χ4v) is 1.88. The van der Waals surface area contributed by atoms with Crippen LogP contribution in [0.25, 0.3) is 0 Å². The molecule has 4 nitrogen and oxygen atoms in total. The van der Waals surface area contributed by atoms with Crippen molar-refractivity contribution in [3.63, 3.8) is 0 Å². The summed E-state index contributed by atoms with van der Waals surface area (Å²) in [5.74, 6) is -0.00565. The van der Waals surface area contributed by atoms with E-state index in [1.54, 1.807) is 12.1 Å². The van der Waals surface area contributed by atoms with Crippen molar-refractivity contribution in [3.05, 3.63) is 29.8 Å². The summed E-state index contributed by atoms with van der Waals surface area (Å²) in [4.78, 5) is 14.0. The first-order valence-corrected chi connectivity index (χ1v) is 5.43. The van der Waals surface area contributed by atoms with Crippen molar-refractivity contribution in [1.29, 1.82) is 0 Å². The van der Waals surface area contributed by atoms with Gasteiger partial charge in [0, 0.05) is 12.2 Å². The van der Waals surface area contributed by atoms with Gasteiger partial charge in [0.15, 0.2) is 0 Å². The van der Waals surface area contributed by atoms with Gasteiger partial charge >= 0.3 is 0 Å². The Morgan fingerprint density at radius 2 is 2.25 bits per heavy atom. The van der Waals surface area contributed by atoms with Crippen LogP contribution in [-0.4, -0.2) is 36.6 Å². The molecule has 1 aromatic carbocycles. The number of nitrogens with two attached hydrogens (primary N) is 1. The molecule has 2 rings (SSSR count). The van der Waals surface area contributed by atoms with Crippen LogP contribution in [0.5, 0.6) is 0 Å². The average Bonchev–Trinajstić information content (AvgIpc) is 2.29. The van der Waals surface area contributed by atoms with Crippen molar-refractivity contribution in [2.24, 2.45) is 0 Å². The van der Waals surface area contributed by atoms with E-state index in [0.717, 1.165) is 0 Å². The highest BCUT2D eigenvalue weighted by atomic mass is 16.5. The number of carbonyl (C=O) groups is 1. The lowest BCUT2D eigenvalue weighted by Crippen LogP contribution is -2.47. The van der Waals surface area contributed by atoms with E-state index >= 15 is 0 Å². The largest absolute Gasteiger partial charge is 0.398 e. The van der Waals surface area contributed by atoms with E-state index in [-0.39, 0.29) is 11.9 Å². The highest BCUT2D eigenvalue weighted by molar-refractivity contribution is 5.99. The molecule has 4 heteroatoms. The Kier molecular flexibility index (Phi) is 3.10. The van der Waals surface area contributed by atoms with Gasteiger partial charge in [-0.15, -0.1) is 0 Å². The van der Waals surface area contributed by atoms with Gasteiger partial charge in [0.1, 0.15) is 0 Å². The number of amides is 1. The molecule has 0 aromatic heterocycles. The second-order valence-corrected chi connectivity index (χ2v) is 4.01. The number of nitrogen functional groups attached to an aromatic ring is 1. The van der Waals surface area contributed by atoms with E-state index in [0.29, 0.717) is 31.0 Å². The van der Waals surface area contributed by atoms with Crippen LogP contribution in [0.15, 0.2) is 24.3 Å². The third kappa shape index (κ3) is 2.02. The molecule has 1 amide bonds. The number of nitrogens with zero attached hydrogens (tertiary/aromatic N) is 1. The molecular weight excluding hydrogens is 204 g/mol. The van der Waals surface area contributed by atoms with Crippen LogP contribution in [-0.2, 0) is 4.74 Å². The zero-order valence-electron chi connectivity index (χ0n) is 9.35. The normalized spacial score (nSPS) is 20.8. The number of ether oxygens (including phenoxy) is 1. The van der Waals surface area contributed by atoms with Gasteiger partial charge in [-0.3, -0.25) is 4.79 Å². The Bertz CT molecular complexity index is 392. The Morgan fingerprint density at radius 1 is 1.50 bits per heavy atom. The van der Waals surface area contributed by atoms with Gasteiger partial charge in [-0.05, 0) is 19.1 Å². The maximum Gasteiger partial charge on any atom is 0.256 e. The second kappa shape index (κ2) is 4.53. The lowest BCUT2D eigenvalue weighted by atomic mass is 10.1. The Labute approximate surface area is 95.0 Å². The molecule has 1 aromatic rings. The highest BCUT2D eigenvalue weighted by Crippen LogP contribution is 2.16. The molecule has 0 spiro atoms. The first kappa shape index (κ1) is 11.0. The molecule has 1 unspecified atom stereocenters. The minimum Gasteiger partial charge on any atom is -0.398 e. The van der Waals surface area contributed by atoms with E-state index in [9.17, 15) is 4.79 Å². The van der Waals surface area contributed by atoms with Crippen LogP contribution in [0.3, 0.4) is 0 Å². The second-order valence-electron chi connectivity index (χ2n) is 4.01. The molecule has 0 aliphatic carbocycles. The molecule has 1 aliphatic rings. The number of morpholine rings is 1. The maximum atomic E-state index is 12.2. The molecule has 1 fully saturated rings. The summed E-state index contributed by atoms with van der Waals surface area (Å²) < 4.78 is 5.30. The summed E-state index contributed by atoms with van der Waals surface area (Å²) in [5, 5.41) is 0. The Balaban J connectivity index is 2.21. The molecule has 1 heterocycles. The van der Waals surface area contributed by atoms with Crippen molar-refractivity contribution in [2.45, 2.75) is 13.0 Å². The number of hydrogen-bond acceptors (Lipinski definition) is 3. The van der Waals surface area contributed by atoms with E-state index in [4.69, 9.17) is 10.5 Å². The predicted octanol–water partition coefficient (Wildman–Crippen LogP) is 1.13. The van der Waals surface area contributed by atoms with Gasteiger partial charge in [-0.1, -0.05) is 12.1 Å². The van der Waals surface area contributed by atoms with Crippen LogP contribution >= 0.6 is 0 Å². The number of anilines is 1. The van der Waals surface area contributed by atoms with Crippen LogP contribution in [0.4, 0.5) is 5.69 Å². The van der Waals surface area contributed by atoms with Crippen LogP contribution in [0.2, 0.25) is 0 Å². The number of rotatable bonds is 1. The number of benzene rings is 1. The molecule has 2 N–H and O–H groups in total. The van der Waals surface area contributed by atoms with Gasteiger partial charge in [-0.25, -0.2) is 0 Å². The third-order valence-electron chi connectivity index (χ3n) is 2.82. The van der Waals surface area contributed by atoms with Gasteiger partial charge < -0.3 is 15.4 Å². The van der Waals surface area contributed by atoms with Crippen molar-refractivity contribution in [2.75, 3.05) is 25.5 Å². The summed E-state index contributed by atoms with van der Waals surface area (Å²) in [6.45, 7) is 3.81. The van der Waals surface area contributed by atoms with E-state index < -0.39 is 0 Å². The van der Waals surface area contributed by atoms with E-state index in [2.05, 4.69) is 0 Å². The molecular formula is C12H16N2O2. The first-order valence-electron chi connectivity index (χ1n) is 5.43. The fourth-order valence-electron chi connectivity index (χ4n) is 1.88. The minimum absolute atomic E-state index is 0.00565. The van der Waals surface area contributed by atoms with E-state index in [1.165, 1.54) is 0 Å². The fraction of sp³-hybridized carbons (Fsp3) is 0.417. The zero-order chi connectivity index (χ0) is 11.5. The van der Waals surface area contributed by atoms with Gasteiger partial charge in [0.25, 0.3) is 5.91 Å². The van der Waals surface area contributed by atoms with Gasteiger partial charge in [-0.2, -0.15) is 0 Å².